The van der Waals surface area contributed by atoms with Crippen molar-refractivity contribution < 1.29 is 13.2 Å². The zero-order valence-electron chi connectivity index (χ0n) is 7.94. The highest BCUT2D eigenvalue weighted by molar-refractivity contribution is 7.62. The van der Waals surface area contributed by atoms with Crippen LogP contribution in [0.1, 0.15) is 19.8 Å². The van der Waals surface area contributed by atoms with E-state index in [-0.39, 0.29) is 5.88 Å². The molecule has 5 nitrogen and oxygen atoms in total. The first-order valence-electron chi connectivity index (χ1n) is 4.27. The van der Waals surface area contributed by atoms with Gasteiger partial charge in [-0.15, -0.1) is 11.6 Å². The third kappa shape index (κ3) is 5.93. The van der Waals surface area contributed by atoms with Gasteiger partial charge in [0.05, 0.1) is 0 Å². The van der Waals surface area contributed by atoms with E-state index in [4.69, 9.17) is 11.6 Å². The van der Waals surface area contributed by atoms with Gasteiger partial charge in [-0.3, -0.25) is 0 Å². The van der Waals surface area contributed by atoms with Crippen molar-refractivity contribution in [1.29, 1.82) is 0 Å². The van der Waals surface area contributed by atoms with Gasteiger partial charge in [-0.2, -0.15) is 8.42 Å². The van der Waals surface area contributed by atoms with Crippen molar-refractivity contribution in [2.45, 2.75) is 19.8 Å². The number of amides is 2. The highest BCUT2D eigenvalue weighted by Gasteiger charge is 2.11. The second kappa shape index (κ2) is 7.75. The van der Waals surface area contributed by atoms with Crippen LogP contribution in [0.5, 0.6) is 0 Å². The van der Waals surface area contributed by atoms with Gasteiger partial charge in [0.2, 0.25) is 0 Å². The number of carbonyl (C=O) groups is 1. The highest BCUT2D eigenvalue weighted by Crippen LogP contribution is 1.99. The summed E-state index contributed by atoms with van der Waals surface area (Å²) in [7, 11) is -2.68. The number of hydrogen-bond acceptors (Lipinski definition) is 3. The van der Waals surface area contributed by atoms with E-state index in [0.717, 1.165) is 12.8 Å². The lowest BCUT2D eigenvalue weighted by molar-refractivity contribution is 0.210. The first-order chi connectivity index (χ1) is 6.61. The number of halogens is 1. The Morgan fingerprint density at radius 2 is 2.07 bits per heavy atom. The minimum absolute atomic E-state index is 0.274. The fraction of sp³-hybridized carbons (Fsp3) is 0.857. The standard InChI is InChI=1S/C7H13ClN2O3S/c1-2-3-5-10(6-4-8)7(11)9-14(12)13/h2-6H2,1H3. The predicted octanol–water partition coefficient (Wildman–Crippen LogP) is 1.51. The second-order valence-electron chi connectivity index (χ2n) is 2.62. The summed E-state index contributed by atoms with van der Waals surface area (Å²) in [5.74, 6) is 0.274. The first kappa shape index (κ1) is 13.4. The van der Waals surface area contributed by atoms with E-state index in [9.17, 15) is 13.2 Å². The summed E-state index contributed by atoms with van der Waals surface area (Å²) in [5, 5.41) is 0. The zero-order valence-corrected chi connectivity index (χ0v) is 9.51. The molecule has 0 rings (SSSR count). The average molecular weight is 241 g/mol. The minimum atomic E-state index is -2.68. The number of nitrogens with zero attached hydrogens (tertiary/aromatic N) is 2. The van der Waals surface area contributed by atoms with Crippen LogP contribution in [0, 0.1) is 0 Å². The van der Waals surface area contributed by atoms with Crippen LogP contribution in [0.2, 0.25) is 0 Å². The molecule has 0 saturated heterocycles. The van der Waals surface area contributed by atoms with Crippen LogP contribution in [-0.4, -0.2) is 38.3 Å². The van der Waals surface area contributed by atoms with Gasteiger partial charge in [0.25, 0.3) is 0 Å². The average Bonchev–Trinajstić information content (AvgIpc) is 2.10. The van der Waals surface area contributed by atoms with E-state index in [1.165, 1.54) is 4.90 Å². The molecule has 2 amide bonds. The van der Waals surface area contributed by atoms with Crippen LogP contribution in [0.25, 0.3) is 0 Å². The summed E-state index contributed by atoms with van der Waals surface area (Å²) < 4.78 is 23.2. The van der Waals surface area contributed by atoms with Crippen molar-refractivity contribution in [2.24, 2.45) is 4.36 Å². The molecule has 0 radical (unpaired) electrons. The number of unbranched alkanes of at least 4 members (excludes halogenated alkanes) is 1. The molecule has 0 N–H and O–H groups in total. The molecule has 0 aromatic heterocycles. The summed E-state index contributed by atoms with van der Waals surface area (Å²) in [6.07, 6.45) is 1.73. The molecular weight excluding hydrogens is 228 g/mol. The van der Waals surface area contributed by atoms with Crippen molar-refractivity contribution in [3.05, 3.63) is 0 Å². The first-order valence-corrected chi connectivity index (χ1v) is 5.84. The molecule has 0 aromatic rings. The molecule has 0 aliphatic rings. The fourth-order valence-corrected chi connectivity index (χ4v) is 1.32. The van der Waals surface area contributed by atoms with E-state index in [0.29, 0.717) is 13.1 Å². The van der Waals surface area contributed by atoms with Crippen molar-refractivity contribution in [1.82, 2.24) is 4.90 Å². The van der Waals surface area contributed by atoms with Crippen LogP contribution < -0.4 is 0 Å². The van der Waals surface area contributed by atoms with Crippen LogP contribution in [-0.2, 0) is 10.5 Å². The van der Waals surface area contributed by atoms with Gasteiger partial charge in [0, 0.05) is 19.0 Å². The van der Waals surface area contributed by atoms with Gasteiger partial charge in [-0.05, 0) is 6.42 Å². The van der Waals surface area contributed by atoms with Crippen molar-refractivity contribution in [3.63, 3.8) is 0 Å². The summed E-state index contributed by atoms with van der Waals surface area (Å²) in [5.41, 5.74) is 0. The maximum absolute atomic E-state index is 11.2. The number of alkyl halides is 1. The Morgan fingerprint density at radius 1 is 1.43 bits per heavy atom. The highest BCUT2D eigenvalue weighted by atomic mass is 35.5. The zero-order chi connectivity index (χ0) is 11.0. The van der Waals surface area contributed by atoms with Crippen LogP contribution in [0.15, 0.2) is 4.36 Å². The summed E-state index contributed by atoms with van der Waals surface area (Å²) in [4.78, 5) is 12.5. The van der Waals surface area contributed by atoms with Crippen molar-refractivity contribution in [3.8, 4) is 0 Å². The lowest BCUT2D eigenvalue weighted by Crippen LogP contribution is -2.31. The monoisotopic (exact) mass is 240 g/mol. The Labute approximate surface area is 89.7 Å². The fourth-order valence-electron chi connectivity index (χ4n) is 0.876. The van der Waals surface area contributed by atoms with Gasteiger partial charge in [0.1, 0.15) is 0 Å². The molecule has 0 atom stereocenters. The summed E-state index contributed by atoms with van der Waals surface area (Å²) >= 11 is 5.47. The van der Waals surface area contributed by atoms with Gasteiger partial charge in [-0.1, -0.05) is 17.7 Å². The minimum Gasteiger partial charge on any atom is -0.321 e. The Balaban J connectivity index is 4.32. The van der Waals surface area contributed by atoms with Crippen LogP contribution in [0.3, 0.4) is 0 Å². The Morgan fingerprint density at radius 3 is 2.50 bits per heavy atom. The van der Waals surface area contributed by atoms with Gasteiger partial charge in [-0.25, -0.2) is 4.79 Å². The van der Waals surface area contributed by atoms with E-state index in [1.807, 2.05) is 6.92 Å². The van der Waals surface area contributed by atoms with Crippen LogP contribution >= 0.6 is 11.6 Å². The second-order valence-corrected chi connectivity index (χ2v) is 3.62. The van der Waals surface area contributed by atoms with Gasteiger partial charge >= 0.3 is 16.5 Å². The molecule has 14 heavy (non-hydrogen) atoms. The molecule has 0 unspecified atom stereocenters. The molecular formula is C7H13ClN2O3S. The van der Waals surface area contributed by atoms with Crippen molar-refractivity contribution >= 4 is 28.1 Å². The molecule has 0 spiro atoms. The maximum atomic E-state index is 11.2. The Kier molecular flexibility index (Phi) is 7.41. The molecule has 0 bridgehead atoms. The smallest absolute Gasteiger partial charge is 0.321 e. The topological polar surface area (TPSA) is 66.8 Å². The van der Waals surface area contributed by atoms with Gasteiger partial charge < -0.3 is 4.90 Å². The quantitative estimate of drug-likeness (QED) is 0.684. The lowest BCUT2D eigenvalue weighted by Gasteiger charge is -2.17. The summed E-state index contributed by atoms with van der Waals surface area (Å²) in [6, 6.07) is -0.743. The molecule has 82 valence electrons. The normalized spacial score (nSPS) is 9.57. The van der Waals surface area contributed by atoms with E-state index < -0.39 is 16.5 Å². The van der Waals surface area contributed by atoms with E-state index in [1.54, 1.807) is 0 Å². The largest absolute Gasteiger partial charge is 0.358 e. The SMILES string of the molecule is CCCCN(CCCl)C(=O)N=S(=O)=O. The molecule has 0 aliphatic carbocycles. The van der Waals surface area contributed by atoms with Crippen LogP contribution in [0.4, 0.5) is 4.79 Å². The Bertz CT molecular complexity index is 294. The molecule has 0 saturated carbocycles. The molecule has 0 aliphatic heterocycles. The van der Waals surface area contributed by atoms with Gasteiger partial charge in [0.15, 0.2) is 0 Å². The molecule has 7 heteroatoms. The Hall–Kier alpha value is -0.620. The number of urea groups is 1. The number of hydrogen-bond donors (Lipinski definition) is 0. The number of carbonyl (C=O) groups excluding carboxylic acids is 1. The maximum Gasteiger partial charge on any atom is 0.358 e. The number of rotatable bonds is 5. The van der Waals surface area contributed by atoms with Crippen molar-refractivity contribution in [2.75, 3.05) is 19.0 Å². The molecule has 0 heterocycles. The third-order valence-electron chi connectivity index (χ3n) is 1.56. The third-order valence-corrected chi connectivity index (χ3v) is 2.03. The summed E-state index contributed by atoms with van der Waals surface area (Å²) in [6.45, 7) is 2.79. The van der Waals surface area contributed by atoms with E-state index in [2.05, 4.69) is 4.36 Å². The van der Waals surface area contributed by atoms with E-state index >= 15 is 0 Å². The lowest BCUT2D eigenvalue weighted by atomic mass is 10.3. The predicted molar refractivity (Wildman–Crippen MR) is 53.9 cm³/mol. The molecule has 0 aromatic carbocycles. The molecule has 0 fully saturated rings.